The van der Waals surface area contributed by atoms with Gasteiger partial charge < -0.3 is 14.3 Å². The van der Waals surface area contributed by atoms with Crippen molar-refractivity contribution in [3.05, 3.63) is 22.7 Å². The van der Waals surface area contributed by atoms with Crippen molar-refractivity contribution in [3.63, 3.8) is 0 Å². The molecule has 3 heterocycles. The highest BCUT2D eigenvalue weighted by molar-refractivity contribution is 9.10. The van der Waals surface area contributed by atoms with Gasteiger partial charge in [0, 0.05) is 5.92 Å². The normalized spacial score (nSPS) is 17.5. The molecule has 0 saturated carbocycles. The summed E-state index contributed by atoms with van der Waals surface area (Å²) in [4.78, 5) is 4.40. The molecule has 1 fully saturated rings. The second-order valence-electron chi connectivity index (χ2n) is 4.08. The number of hydrogen-bond donors (Lipinski definition) is 1. The van der Waals surface area contributed by atoms with Gasteiger partial charge in [-0.2, -0.15) is 4.98 Å². The number of furan rings is 1. The van der Waals surface area contributed by atoms with E-state index in [-0.39, 0.29) is 0 Å². The summed E-state index contributed by atoms with van der Waals surface area (Å²) in [6.45, 7) is 2.02. The van der Waals surface area contributed by atoms with E-state index in [4.69, 9.17) is 8.94 Å². The highest BCUT2D eigenvalue weighted by Gasteiger charge is 2.22. The molecular formula is C11H12BrN3O2. The first kappa shape index (κ1) is 11.0. The monoisotopic (exact) mass is 297 g/mol. The Labute approximate surface area is 107 Å². The van der Waals surface area contributed by atoms with Crippen molar-refractivity contribution in [1.29, 1.82) is 0 Å². The highest BCUT2D eigenvalue weighted by atomic mass is 79.9. The molecule has 1 aliphatic rings. The van der Waals surface area contributed by atoms with E-state index in [1.165, 1.54) is 0 Å². The molecule has 0 unspecified atom stereocenters. The van der Waals surface area contributed by atoms with Gasteiger partial charge in [-0.25, -0.2) is 0 Å². The molecule has 0 radical (unpaired) electrons. The fourth-order valence-corrected chi connectivity index (χ4v) is 2.31. The minimum absolute atomic E-state index is 0.371. The van der Waals surface area contributed by atoms with E-state index in [9.17, 15) is 0 Å². The van der Waals surface area contributed by atoms with Crippen LogP contribution in [0, 0.1) is 0 Å². The summed E-state index contributed by atoms with van der Waals surface area (Å²) < 4.78 is 11.4. The lowest BCUT2D eigenvalue weighted by Crippen LogP contribution is -2.26. The molecule has 0 aromatic carbocycles. The maximum atomic E-state index is 5.39. The van der Waals surface area contributed by atoms with Gasteiger partial charge in [-0.15, -0.1) is 0 Å². The van der Waals surface area contributed by atoms with Gasteiger partial charge in [0.05, 0.1) is 0 Å². The molecule has 90 valence electrons. The van der Waals surface area contributed by atoms with Crippen LogP contribution in [0.3, 0.4) is 0 Å². The summed E-state index contributed by atoms with van der Waals surface area (Å²) in [6, 6.07) is 3.64. The van der Waals surface area contributed by atoms with E-state index in [1.54, 1.807) is 0 Å². The second kappa shape index (κ2) is 4.62. The molecule has 0 aliphatic carbocycles. The minimum Gasteiger partial charge on any atom is -0.446 e. The quantitative estimate of drug-likeness (QED) is 0.923. The summed E-state index contributed by atoms with van der Waals surface area (Å²) in [5.41, 5.74) is 0. The number of nitrogens with zero attached hydrogens (tertiary/aromatic N) is 2. The van der Waals surface area contributed by atoms with E-state index < -0.39 is 0 Å². The summed E-state index contributed by atoms with van der Waals surface area (Å²) in [7, 11) is 0. The first-order valence-electron chi connectivity index (χ1n) is 5.63. The summed E-state index contributed by atoms with van der Waals surface area (Å²) in [5.74, 6) is 2.23. The average molecular weight is 298 g/mol. The van der Waals surface area contributed by atoms with E-state index >= 15 is 0 Å². The van der Waals surface area contributed by atoms with E-state index in [0.717, 1.165) is 25.9 Å². The van der Waals surface area contributed by atoms with Crippen molar-refractivity contribution in [3.8, 4) is 11.6 Å². The van der Waals surface area contributed by atoms with Crippen LogP contribution in [0.4, 0.5) is 0 Å². The maximum Gasteiger partial charge on any atom is 0.238 e. The number of aromatic nitrogens is 2. The third-order valence-electron chi connectivity index (χ3n) is 2.92. The SMILES string of the molecule is Brc1ccc(-c2noc(C3CCNCC3)n2)o1. The first-order chi connectivity index (χ1) is 8.33. The predicted molar refractivity (Wildman–Crippen MR) is 64.5 cm³/mol. The first-order valence-corrected chi connectivity index (χ1v) is 6.42. The Morgan fingerprint density at radius 1 is 1.29 bits per heavy atom. The van der Waals surface area contributed by atoms with Crippen LogP contribution in [-0.2, 0) is 0 Å². The van der Waals surface area contributed by atoms with Crippen LogP contribution < -0.4 is 5.32 Å². The van der Waals surface area contributed by atoms with Crippen LogP contribution in [-0.4, -0.2) is 23.2 Å². The third kappa shape index (κ3) is 2.28. The van der Waals surface area contributed by atoms with Crippen molar-refractivity contribution in [2.24, 2.45) is 0 Å². The van der Waals surface area contributed by atoms with Gasteiger partial charge in [-0.05, 0) is 54.0 Å². The maximum absolute atomic E-state index is 5.39. The second-order valence-corrected chi connectivity index (χ2v) is 4.87. The zero-order chi connectivity index (χ0) is 11.7. The van der Waals surface area contributed by atoms with Crippen LogP contribution in [0.2, 0.25) is 0 Å². The van der Waals surface area contributed by atoms with Crippen molar-refractivity contribution in [2.45, 2.75) is 18.8 Å². The molecule has 0 amide bonds. The van der Waals surface area contributed by atoms with Gasteiger partial charge in [0.25, 0.3) is 0 Å². The highest BCUT2D eigenvalue weighted by Crippen LogP contribution is 2.27. The Bertz CT molecular complexity index is 502. The number of piperidine rings is 1. The molecule has 1 saturated heterocycles. The van der Waals surface area contributed by atoms with Crippen LogP contribution in [0.25, 0.3) is 11.6 Å². The summed E-state index contributed by atoms with van der Waals surface area (Å²) in [6.07, 6.45) is 2.09. The molecular weight excluding hydrogens is 286 g/mol. The molecule has 0 spiro atoms. The fraction of sp³-hybridized carbons (Fsp3) is 0.455. The Morgan fingerprint density at radius 2 is 2.12 bits per heavy atom. The van der Waals surface area contributed by atoms with E-state index in [1.807, 2.05) is 12.1 Å². The molecule has 2 aromatic heterocycles. The van der Waals surface area contributed by atoms with Crippen LogP contribution in [0.5, 0.6) is 0 Å². The number of nitrogens with one attached hydrogen (secondary N) is 1. The smallest absolute Gasteiger partial charge is 0.238 e. The summed E-state index contributed by atoms with van der Waals surface area (Å²) in [5, 5.41) is 7.27. The molecule has 1 aliphatic heterocycles. The van der Waals surface area contributed by atoms with Crippen LogP contribution in [0.1, 0.15) is 24.7 Å². The van der Waals surface area contributed by atoms with Crippen molar-refractivity contribution >= 4 is 15.9 Å². The van der Waals surface area contributed by atoms with Gasteiger partial charge in [0.2, 0.25) is 11.7 Å². The van der Waals surface area contributed by atoms with E-state index in [0.29, 0.717) is 28.1 Å². The largest absolute Gasteiger partial charge is 0.446 e. The molecule has 5 nitrogen and oxygen atoms in total. The summed E-state index contributed by atoms with van der Waals surface area (Å²) >= 11 is 3.25. The fourth-order valence-electron chi connectivity index (χ4n) is 2.00. The number of rotatable bonds is 2. The molecule has 0 atom stereocenters. The van der Waals surface area contributed by atoms with Gasteiger partial charge in [0.15, 0.2) is 10.4 Å². The standard InChI is InChI=1S/C11H12BrN3O2/c12-9-2-1-8(16-9)10-14-11(17-15-10)7-3-5-13-6-4-7/h1-2,7,13H,3-6H2. The molecule has 2 aromatic rings. The van der Waals surface area contributed by atoms with Gasteiger partial charge in [0.1, 0.15) is 0 Å². The Morgan fingerprint density at radius 3 is 2.82 bits per heavy atom. The number of halogens is 1. The van der Waals surface area contributed by atoms with Crippen LogP contribution in [0.15, 0.2) is 25.7 Å². The Kier molecular flexibility index (Phi) is 2.98. The van der Waals surface area contributed by atoms with Crippen molar-refractivity contribution < 1.29 is 8.94 Å². The van der Waals surface area contributed by atoms with Gasteiger partial charge >= 0.3 is 0 Å². The predicted octanol–water partition coefficient (Wildman–Crippen LogP) is 2.56. The molecule has 0 bridgehead atoms. The minimum atomic E-state index is 0.371. The Balaban J connectivity index is 1.82. The van der Waals surface area contributed by atoms with Crippen molar-refractivity contribution in [1.82, 2.24) is 15.5 Å². The zero-order valence-electron chi connectivity index (χ0n) is 9.15. The third-order valence-corrected chi connectivity index (χ3v) is 3.35. The molecule has 6 heteroatoms. The van der Waals surface area contributed by atoms with E-state index in [2.05, 4.69) is 31.4 Å². The number of hydrogen-bond acceptors (Lipinski definition) is 5. The van der Waals surface area contributed by atoms with Gasteiger partial charge in [-0.1, -0.05) is 5.16 Å². The van der Waals surface area contributed by atoms with Crippen molar-refractivity contribution in [2.75, 3.05) is 13.1 Å². The average Bonchev–Trinajstić information content (AvgIpc) is 2.98. The zero-order valence-corrected chi connectivity index (χ0v) is 10.7. The molecule has 1 N–H and O–H groups in total. The molecule has 3 rings (SSSR count). The topological polar surface area (TPSA) is 64.1 Å². The lowest BCUT2D eigenvalue weighted by molar-refractivity contribution is 0.320. The lowest BCUT2D eigenvalue weighted by Gasteiger charge is -2.18. The van der Waals surface area contributed by atoms with Gasteiger partial charge in [-0.3, -0.25) is 0 Å². The Hall–Kier alpha value is -1.14. The molecule has 17 heavy (non-hydrogen) atoms. The lowest BCUT2D eigenvalue weighted by atomic mass is 9.98. The van der Waals surface area contributed by atoms with Crippen LogP contribution >= 0.6 is 15.9 Å².